The maximum Gasteiger partial charge on any atom is 0.119 e. The van der Waals surface area contributed by atoms with Gasteiger partial charge in [0.15, 0.2) is 0 Å². The highest BCUT2D eigenvalue weighted by atomic mass is 16.5. The molecule has 1 radical (unpaired) electrons. The molecule has 0 aliphatic heterocycles. The van der Waals surface area contributed by atoms with E-state index in [9.17, 15) is 0 Å². The van der Waals surface area contributed by atoms with Crippen molar-refractivity contribution in [2.75, 3.05) is 25.1 Å². The molecule has 157 valence electrons. The van der Waals surface area contributed by atoms with E-state index in [1.54, 1.807) is 0 Å². The molecule has 0 amide bonds. The van der Waals surface area contributed by atoms with E-state index in [1.807, 2.05) is 48.5 Å². The highest BCUT2D eigenvalue weighted by Crippen LogP contribution is 2.15. The van der Waals surface area contributed by atoms with E-state index in [0.29, 0.717) is 6.61 Å². The van der Waals surface area contributed by atoms with Crippen LogP contribution >= 0.6 is 0 Å². The van der Waals surface area contributed by atoms with Gasteiger partial charge in [0.25, 0.3) is 0 Å². The largest absolute Gasteiger partial charge is 0.489 e. The number of nitrogens with one attached hydrogen (secondary N) is 1. The topological polar surface area (TPSA) is 30.5 Å². The van der Waals surface area contributed by atoms with Gasteiger partial charge in [-0.1, -0.05) is 73.5 Å². The van der Waals surface area contributed by atoms with E-state index in [1.165, 1.54) is 30.4 Å². The Labute approximate surface area is 181 Å². The van der Waals surface area contributed by atoms with Gasteiger partial charge in [-0.15, -0.1) is 0 Å². The van der Waals surface area contributed by atoms with E-state index in [2.05, 4.69) is 41.7 Å². The molecule has 0 bridgehead atoms. The van der Waals surface area contributed by atoms with Crippen LogP contribution in [0.1, 0.15) is 36.8 Å². The number of para-hydroxylation sites is 1. The molecule has 0 heterocycles. The van der Waals surface area contributed by atoms with Crippen LogP contribution in [0.25, 0.3) is 0 Å². The minimum atomic E-state index is 0.601. The maximum absolute atomic E-state index is 5.83. The Kier molecular flexibility index (Phi) is 9.82. The number of hydrogen-bond donors (Lipinski definition) is 1. The van der Waals surface area contributed by atoms with Crippen LogP contribution in [0.15, 0.2) is 78.9 Å². The molecule has 3 aromatic rings. The Hall–Kier alpha value is -2.78. The lowest BCUT2D eigenvalue weighted by molar-refractivity contribution is 0.133. The fraction of sp³-hybridized carbons (Fsp3) is 0.333. The molecule has 3 rings (SSSR count). The molecule has 3 nitrogen and oxygen atoms in total. The van der Waals surface area contributed by atoms with Gasteiger partial charge in [0.2, 0.25) is 0 Å². The van der Waals surface area contributed by atoms with Crippen LogP contribution in [0.2, 0.25) is 0 Å². The van der Waals surface area contributed by atoms with Crippen molar-refractivity contribution in [2.24, 2.45) is 0 Å². The zero-order valence-corrected chi connectivity index (χ0v) is 17.7. The summed E-state index contributed by atoms with van der Waals surface area (Å²) in [6, 6.07) is 29.8. The molecule has 0 aromatic heterocycles. The first-order valence-corrected chi connectivity index (χ1v) is 10.9. The standard InChI is InChI=1S/C27H32NO2/c1(9-20-28-26-13-7-4-8-14-26)2-10-21-29-22-19-24-15-17-27(18-16-24)30-23-25-11-5-3-6-12-25/h3-8,11-13,15-18,28H,1-2,9-10,19-23H2. The Morgan fingerprint density at radius 3 is 2.30 bits per heavy atom. The molecule has 3 heteroatoms. The minimum absolute atomic E-state index is 0.601. The van der Waals surface area contributed by atoms with E-state index in [0.717, 1.165) is 44.0 Å². The van der Waals surface area contributed by atoms with Crippen LogP contribution in [0, 0.1) is 6.07 Å². The summed E-state index contributed by atoms with van der Waals surface area (Å²) >= 11 is 0. The van der Waals surface area contributed by atoms with Gasteiger partial charge in [-0.25, -0.2) is 0 Å². The molecule has 3 aromatic carbocycles. The second kappa shape index (κ2) is 13.4. The van der Waals surface area contributed by atoms with Crippen molar-refractivity contribution in [1.29, 1.82) is 0 Å². The van der Waals surface area contributed by atoms with E-state index in [-0.39, 0.29) is 0 Å². The van der Waals surface area contributed by atoms with E-state index in [4.69, 9.17) is 9.47 Å². The number of rotatable bonds is 14. The van der Waals surface area contributed by atoms with Crippen LogP contribution in [0.3, 0.4) is 0 Å². The fourth-order valence-corrected chi connectivity index (χ4v) is 3.19. The summed E-state index contributed by atoms with van der Waals surface area (Å²) in [6.07, 6.45) is 5.70. The average Bonchev–Trinajstić information content (AvgIpc) is 2.81. The molecule has 0 saturated heterocycles. The van der Waals surface area contributed by atoms with Gasteiger partial charge in [-0.05, 0) is 48.6 Å². The van der Waals surface area contributed by atoms with Gasteiger partial charge < -0.3 is 14.8 Å². The van der Waals surface area contributed by atoms with Crippen molar-refractivity contribution in [3.05, 3.63) is 96.1 Å². The summed E-state index contributed by atoms with van der Waals surface area (Å²) in [7, 11) is 0. The van der Waals surface area contributed by atoms with E-state index >= 15 is 0 Å². The summed E-state index contributed by atoms with van der Waals surface area (Å²) in [5.74, 6) is 0.906. The lowest BCUT2D eigenvalue weighted by Gasteiger charge is -2.08. The van der Waals surface area contributed by atoms with Crippen LogP contribution in [-0.4, -0.2) is 19.8 Å². The number of benzene rings is 3. The minimum Gasteiger partial charge on any atom is -0.489 e. The maximum atomic E-state index is 5.83. The predicted molar refractivity (Wildman–Crippen MR) is 124 cm³/mol. The molecule has 30 heavy (non-hydrogen) atoms. The third kappa shape index (κ3) is 8.71. The summed E-state index contributed by atoms with van der Waals surface area (Å²) in [6.45, 7) is 3.23. The van der Waals surface area contributed by atoms with Gasteiger partial charge in [0, 0.05) is 24.9 Å². The van der Waals surface area contributed by atoms with E-state index < -0.39 is 0 Å². The van der Waals surface area contributed by atoms with Crippen LogP contribution in [0.4, 0.5) is 5.69 Å². The smallest absolute Gasteiger partial charge is 0.119 e. The Morgan fingerprint density at radius 1 is 0.700 bits per heavy atom. The predicted octanol–water partition coefficient (Wildman–Crippen LogP) is 6.30. The molecule has 0 saturated carbocycles. The molecule has 0 fully saturated rings. The lowest BCUT2D eigenvalue weighted by Crippen LogP contribution is -2.02. The zero-order chi connectivity index (χ0) is 20.7. The molecular weight excluding hydrogens is 370 g/mol. The van der Waals surface area contributed by atoms with Gasteiger partial charge >= 0.3 is 0 Å². The monoisotopic (exact) mass is 402 g/mol. The van der Waals surface area contributed by atoms with Gasteiger partial charge in [0.05, 0.1) is 6.61 Å². The molecule has 0 aliphatic carbocycles. The normalized spacial score (nSPS) is 10.7. The van der Waals surface area contributed by atoms with Gasteiger partial charge in [-0.2, -0.15) is 0 Å². The number of hydrogen-bond acceptors (Lipinski definition) is 3. The SMILES string of the molecule is [c]1ccccc1NCCCCCCOCCc1ccc(OCc2ccccc2)cc1. The lowest BCUT2D eigenvalue weighted by atomic mass is 10.1. The third-order valence-electron chi connectivity index (χ3n) is 4.95. The quantitative estimate of drug-likeness (QED) is 0.321. The van der Waals surface area contributed by atoms with Crippen LogP contribution in [-0.2, 0) is 17.8 Å². The first-order chi connectivity index (χ1) is 14.9. The van der Waals surface area contributed by atoms with Crippen LogP contribution < -0.4 is 10.1 Å². The number of unbranched alkanes of at least 4 members (excludes halogenated alkanes) is 3. The summed E-state index contributed by atoms with van der Waals surface area (Å²) in [5, 5.41) is 3.40. The highest BCUT2D eigenvalue weighted by Gasteiger charge is 1.98. The molecule has 0 spiro atoms. The summed E-state index contributed by atoms with van der Waals surface area (Å²) in [4.78, 5) is 0. The molecule has 1 N–H and O–H groups in total. The van der Waals surface area contributed by atoms with Crippen molar-refractivity contribution in [3.8, 4) is 5.75 Å². The van der Waals surface area contributed by atoms with Crippen molar-refractivity contribution < 1.29 is 9.47 Å². The first kappa shape index (κ1) is 21.9. The van der Waals surface area contributed by atoms with Gasteiger partial charge in [0.1, 0.15) is 12.4 Å². The zero-order valence-electron chi connectivity index (χ0n) is 17.7. The van der Waals surface area contributed by atoms with Gasteiger partial charge in [-0.3, -0.25) is 0 Å². The molecule has 0 atom stereocenters. The van der Waals surface area contributed by atoms with Crippen molar-refractivity contribution >= 4 is 5.69 Å². The Balaban J connectivity index is 1.17. The first-order valence-electron chi connectivity index (χ1n) is 10.9. The number of anilines is 1. The van der Waals surface area contributed by atoms with Crippen molar-refractivity contribution in [2.45, 2.75) is 38.7 Å². The highest BCUT2D eigenvalue weighted by molar-refractivity contribution is 5.40. The third-order valence-corrected chi connectivity index (χ3v) is 4.95. The van der Waals surface area contributed by atoms with Crippen molar-refractivity contribution in [3.63, 3.8) is 0 Å². The summed E-state index contributed by atoms with van der Waals surface area (Å²) in [5.41, 5.74) is 3.54. The second-order valence-electron chi connectivity index (χ2n) is 7.40. The van der Waals surface area contributed by atoms with Crippen molar-refractivity contribution in [1.82, 2.24) is 0 Å². The Morgan fingerprint density at radius 2 is 1.50 bits per heavy atom. The average molecular weight is 403 g/mol. The summed E-state index contributed by atoms with van der Waals surface area (Å²) < 4.78 is 11.6. The molecule has 0 aliphatic rings. The number of ether oxygens (including phenoxy) is 2. The second-order valence-corrected chi connectivity index (χ2v) is 7.40. The fourth-order valence-electron chi connectivity index (χ4n) is 3.19. The Bertz CT molecular complexity index is 803. The molecular formula is C27H32NO2. The molecule has 0 unspecified atom stereocenters. The van der Waals surface area contributed by atoms with Crippen LogP contribution in [0.5, 0.6) is 5.75 Å².